The fourth-order valence-electron chi connectivity index (χ4n) is 1.91. The molecule has 0 amide bonds. The average Bonchev–Trinajstić information content (AvgIpc) is 2.41. The molecule has 0 aliphatic rings. The Balaban J connectivity index is 2.56. The standard InChI is InChI=1S/C14H16NO3/c1-9(8-16)5-12-11-6-10(18-2)3-4-13(11)15-7-14(12)17/h3-4,6-7,9,16-17H,1,5,8H2,2H3. The van der Waals surface area contributed by atoms with Crippen molar-refractivity contribution < 1.29 is 14.9 Å². The molecule has 0 aliphatic heterocycles. The maximum absolute atomic E-state index is 9.90. The molecule has 4 nitrogen and oxygen atoms in total. The number of aliphatic hydroxyl groups excluding tert-OH is 1. The van der Waals surface area contributed by atoms with E-state index in [1.807, 2.05) is 18.2 Å². The second-order valence-corrected chi connectivity index (χ2v) is 4.26. The Bertz CT molecular complexity index is 554. The Morgan fingerprint density at radius 2 is 2.22 bits per heavy atom. The molecule has 1 atom stereocenters. The van der Waals surface area contributed by atoms with Gasteiger partial charge in [-0.05, 0) is 37.5 Å². The number of pyridine rings is 1. The van der Waals surface area contributed by atoms with Crippen LogP contribution < -0.4 is 4.74 Å². The number of hydrogen-bond donors (Lipinski definition) is 2. The van der Waals surface area contributed by atoms with Crippen molar-refractivity contribution >= 4 is 10.9 Å². The van der Waals surface area contributed by atoms with Crippen molar-refractivity contribution in [1.82, 2.24) is 4.98 Å². The number of aromatic hydroxyl groups is 1. The van der Waals surface area contributed by atoms with Crippen molar-refractivity contribution in [1.29, 1.82) is 0 Å². The molecular formula is C14H16NO3. The number of benzene rings is 1. The minimum absolute atomic E-state index is 0.0206. The molecule has 2 aromatic rings. The largest absolute Gasteiger partial charge is 0.506 e. The Morgan fingerprint density at radius 3 is 2.89 bits per heavy atom. The quantitative estimate of drug-likeness (QED) is 0.865. The molecular weight excluding hydrogens is 230 g/mol. The van der Waals surface area contributed by atoms with E-state index in [4.69, 9.17) is 9.84 Å². The zero-order valence-corrected chi connectivity index (χ0v) is 10.3. The Hall–Kier alpha value is -1.81. The summed E-state index contributed by atoms with van der Waals surface area (Å²) in [7, 11) is 1.59. The zero-order valence-electron chi connectivity index (χ0n) is 10.3. The molecule has 18 heavy (non-hydrogen) atoms. The molecule has 95 valence electrons. The highest BCUT2D eigenvalue weighted by molar-refractivity contribution is 5.85. The summed E-state index contributed by atoms with van der Waals surface area (Å²) in [5.41, 5.74) is 1.53. The van der Waals surface area contributed by atoms with E-state index in [9.17, 15) is 5.11 Å². The maximum Gasteiger partial charge on any atom is 0.137 e. The molecule has 2 rings (SSSR count). The van der Waals surface area contributed by atoms with E-state index < -0.39 is 0 Å². The van der Waals surface area contributed by atoms with Gasteiger partial charge in [0.05, 0.1) is 18.8 Å². The minimum atomic E-state index is -0.160. The highest BCUT2D eigenvalue weighted by Crippen LogP contribution is 2.30. The van der Waals surface area contributed by atoms with Crippen LogP contribution in [-0.2, 0) is 6.42 Å². The van der Waals surface area contributed by atoms with E-state index >= 15 is 0 Å². The van der Waals surface area contributed by atoms with Gasteiger partial charge in [-0.3, -0.25) is 4.98 Å². The second-order valence-electron chi connectivity index (χ2n) is 4.26. The van der Waals surface area contributed by atoms with E-state index in [0.717, 1.165) is 16.5 Å². The summed E-state index contributed by atoms with van der Waals surface area (Å²) < 4.78 is 5.17. The van der Waals surface area contributed by atoms with Crippen LogP contribution in [0.5, 0.6) is 11.5 Å². The van der Waals surface area contributed by atoms with Crippen LogP contribution in [0, 0.1) is 12.8 Å². The van der Waals surface area contributed by atoms with Crippen LogP contribution >= 0.6 is 0 Å². The van der Waals surface area contributed by atoms with Crippen LogP contribution in [0.2, 0.25) is 0 Å². The lowest BCUT2D eigenvalue weighted by Gasteiger charge is -2.12. The van der Waals surface area contributed by atoms with Gasteiger partial charge in [0.15, 0.2) is 0 Å². The number of rotatable bonds is 4. The monoisotopic (exact) mass is 246 g/mol. The minimum Gasteiger partial charge on any atom is -0.506 e. The van der Waals surface area contributed by atoms with E-state index in [-0.39, 0.29) is 18.3 Å². The van der Waals surface area contributed by atoms with Gasteiger partial charge in [-0.2, -0.15) is 0 Å². The summed E-state index contributed by atoms with van der Waals surface area (Å²) in [6.45, 7) is 3.81. The first-order valence-corrected chi connectivity index (χ1v) is 5.74. The Kier molecular flexibility index (Phi) is 3.67. The Labute approximate surface area is 106 Å². The van der Waals surface area contributed by atoms with Crippen molar-refractivity contribution in [2.24, 2.45) is 5.92 Å². The van der Waals surface area contributed by atoms with E-state index in [2.05, 4.69) is 11.9 Å². The van der Waals surface area contributed by atoms with Gasteiger partial charge in [-0.25, -0.2) is 0 Å². The van der Waals surface area contributed by atoms with Crippen molar-refractivity contribution in [3.63, 3.8) is 0 Å². The summed E-state index contributed by atoms with van der Waals surface area (Å²) in [5.74, 6) is 0.673. The SMILES string of the molecule is [CH2]C(CO)Cc1c(O)cnc2ccc(OC)cc12. The van der Waals surface area contributed by atoms with Gasteiger partial charge in [0, 0.05) is 17.6 Å². The smallest absolute Gasteiger partial charge is 0.137 e. The van der Waals surface area contributed by atoms with Gasteiger partial charge in [0.25, 0.3) is 0 Å². The molecule has 0 fully saturated rings. The predicted molar refractivity (Wildman–Crippen MR) is 69.6 cm³/mol. The van der Waals surface area contributed by atoms with Crippen LogP contribution in [0.1, 0.15) is 5.56 Å². The van der Waals surface area contributed by atoms with E-state index in [1.54, 1.807) is 7.11 Å². The van der Waals surface area contributed by atoms with Crippen LogP contribution in [0.4, 0.5) is 0 Å². The molecule has 1 heterocycles. The van der Waals surface area contributed by atoms with Gasteiger partial charge in [-0.15, -0.1) is 0 Å². The topological polar surface area (TPSA) is 62.6 Å². The molecule has 0 spiro atoms. The van der Waals surface area contributed by atoms with E-state index in [0.29, 0.717) is 12.2 Å². The number of nitrogens with zero attached hydrogens (tertiary/aromatic N) is 1. The summed E-state index contributed by atoms with van der Waals surface area (Å²) in [4.78, 5) is 4.16. The van der Waals surface area contributed by atoms with Crippen molar-refractivity contribution in [3.05, 3.63) is 36.9 Å². The molecule has 0 saturated heterocycles. The molecule has 0 aliphatic carbocycles. The van der Waals surface area contributed by atoms with Crippen LogP contribution in [0.25, 0.3) is 10.9 Å². The summed E-state index contributed by atoms with van der Waals surface area (Å²) >= 11 is 0. The Morgan fingerprint density at radius 1 is 1.44 bits per heavy atom. The highest BCUT2D eigenvalue weighted by atomic mass is 16.5. The molecule has 0 bridgehead atoms. The summed E-state index contributed by atoms with van der Waals surface area (Å²) in [6.07, 6.45) is 1.92. The summed E-state index contributed by atoms with van der Waals surface area (Å²) in [5, 5.41) is 19.8. The third-order valence-corrected chi connectivity index (χ3v) is 2.91. The highest BCUT2D eigenvalue weighted by Gasteiger charge is 2.12. The lowest BCUT2D eigenvalue weighted by molar-refractivity contribution is 0.250. The third kappa shape index (κ3) is 2.38. The molecule has 1 radical (unpaired) electrons. The fourth-order valence-corrected chi connectivity index (χ4v) is 1.91. The van der Waals surface area contributed by atoms with Gasteiger partial charge in [0.1, 0.15) is 11.5 Å². The fraction of sp³-hybridized carbons (Fsp3) is 0.286. The molecule has 1 unspecified atom stereocenters. The second kappa shape index (κ2) is 5.23. The normalized spacial score (nSPS) is 12.6. The summed E-state index contributed by atoms with van der Waals surface area (Å²) in [6, 6.07) is 5.50. The lowest BCUT2D eigenvalue weighted by Crippen LogP contribution is -2.06. The average molecular weight is 246 g/mol. The zero-order chi connectivity index (χ0) is 13.1. The van der Waals surface area contributed by atoms with E-state index in [1.165, 1.54) is 6.20 Å². The van der Waals surface area contributed by atoms with Crippen LogP contribution in [0.15, 0.2) is 24.4 Å². The van der Waals surface area contributed by atoms with Crippen LogP contribution in [0.3, 0.4) is 0 Å². The number of hydrogen-bond acceptors (Lipinski definition) is 4. The maximum atomic E-state index is 9.90. The molecule has 4 heteroatoms. The van der Waals surface area contributed by atoms with Gasteiger partial charge in [-0.1, -0.05) is 0 Å². The lowest BCUT2D eigenvalue weighted by atomic mass is 9.98. The van der Waals surface area contributed by atoms with Crippen molar-refractivity contribution in [2.75, 3.05) is 13.7 Å². The molecule has 1 aromatic carbocycles. The van der Waals surface area contributed by atoms with Crippen LogP contribution in [-0.4, -0.2) is 28.9 Å². The van der Waals surface area contributed by atoms with Gasteiger partial charge >= 0.3 is 0 Å². The molecule has 1 aromatic heterocycles. The first kappa shape index (κ1) is 12.6. The first-order valence-electron chi connectivity index (χ1n) is 5.74. The number of methoxy groups -OCH3 is 1. The number of aliphatic hydroxyl groups is 1. The number of aromatic nitrogens is 1. The first-order chi connectivity index (χ1) is 8.65. The number of fused-ring (bicyclic) bond motifs is 1. The van der Waals surface area contributed by atoms with Gasteiger partial charge < -0.3 is 14.9 Å². The van der Waals surface area contributed by atoms with Gasteiger partial charge in [0.2, 0.25) is 0 Å². The van der Waals surface area contributed by atoms with Crippen molar-refractivity contribution in [3.8, 4) is 11.5 Å². The predicted octanol–water partition coefficient (Wildman–Crippen LogP) is 1.93. The molecule has 0 saturated carbocycles. The van der Waals surface area contributed by atoms with Crippen molar-refractivity contribution in [2.45, 2.75) is 6.42 Å². The molecule has 2 N–H and O–H groups in total. The third-order valence-electron chi connectivity index (χ3n) is 2.91. The number of ether oxygens (including phenoxy) is 1.